The van der Waals surface area contributed by atoms with E-state index in [0.29, 0.717) is 22.7 Å². The average molecular weight is 486 g/mol. The normalized spacial score (nSPS) is 17.2. The maximum Gasteiger partial charge on any atom is 0.300 e. The maximum atomic E-state index is 13.5. The molecule has 1 aromatic heterocycles. The van der Waals surface area contributed by atoms with Crippen LogP contribution in [0.1, 0.15) is 22.0 Å². The van der Waals surface area contributed by atoms with Gasteiger partial charge in [0, 0.05) is 22.2 Å². The largest absolute Gasteiger partial charge is 0.507 e. The molecule has 1 fully saturated rings. The lowest BCUT2D eigenvalue weighted by molar-refractivity contribution is -0.132. The van der Waals surface area contributed by atoms with Gasteiger partial charge in [0.05, 0.1) is 19.8 Å². The number of fused-ring (bicyclic) bond motifs is 1. The second-order valence-corrected chi connectivity index (χ2v) is 9.15. The number of nitrogens with zero attached hydrogens (tertiary/aromatic N) is 1. The van der Waals surface area contributed by atoms with Gasteiger partial charge in [0.15, 0.2) is 11.5 Å². The number of carbonyl (C=O) groups excluding carboxylic acids is 2. The van der Waals surface area contributed by atoms with Gasteiger partial charge in [-0.15, -0.1) is 11.3 Å². The zero-order valence-electron chi connectivity index (χ0n) is 19.4. The molecule has 1 atom stereocenters. The van der Waals surface area contributed by atoms with Crippen LogP contribution >= 0.6 is 11.3 Å². The van der Waals surface area contributed by atoms with Crippen molar-refractivity contribution in [3.8, 4) is 11.5 Å². The number of benzene rings is 3. The van der Waals surface area contributed by atoms with Crippen LogP contribution in [0.3, 0.4) is 0 Å². The monoisotopic (exact) mass is 485 g/mol. The first-order valence-corrected chi connectivity index (χ1v) is 11.9. The van der Waals surface area contributed by atoms with Crippen LogP contribution in [0.2, 0.25) is 0 Å². The summed E-state index contributed by atoms with van der Waals surface area (Å²) < 4.78 is 10.8. The molecular formula is C28H23NO5S. The number of hydrogen-bond donors (Lipinski definition) is 1. The van der Waals surface area contributed by atoms with E-state index >= 15 is 0 Å². The SMILES string of the molecule is COc1ccc(N2C(=O)C(=O)/C(=C(/O)c3cccc4ccccc34)C2c2sccc2C)cc1OC. The van der Waals surface area contributed by atoms with E-state index in [1.54, 1.807) is 24.3 Å². The number of aryl methyl sites for hydroxylation is 1. The molecule has 35 heavy (non-hydrogen) atoms. The second-order valence-electron chi connectivity index (χ2n) is 8.20. The van der Waals surface area contributed by atoms with E-state index < -0.39 is 17.7 Å². The highest BCUT2D eigenvalue weighted by molar-refractivity contribution is 7.10. The molecule has 0 saturated carbocycles. The van der Waals surface area contributed by atoms with Crippen molar-refractivity contribution in [1.82, 2.24) is 0 Å². The number of hydrogen-bond acceptors (Lipinski definition) is 6. The van der Waals surface area contributed by atoms with Crippen molar-refractivity contribution in [2.24, 2.45) is 0 Å². The predicted octanol–water partition coefficient (Wildman–Crippen LogP) is 5.85. The van der Waals surface area contributed by atoms with E-state index in [9.17, 15) is 14.7 Å². The average Bonchev–Trinajstić information content (AvgIpc) is 3.42. The molecule has 1 N–H and O–H groups in total. The number of ketones is 1. The lowest BCUT2D eigenvalue weighted by Gasteiger charge is -2.25. The molecule has 2 heterocycles. The molecule has 3 aromatic carbocycles. The summed E-state index contributed by atoms with van der Waals surface area (Å²) >= 11 is 1.44. The molecule has 1 saturated heterocycles. The highest BCUT2D eigenvalue weighted by Crippen LogP contribution is 2.46. The molecule has 0 bridgehead atoms. The highest BCUT2D eigenvalue weighted by Gasteiger charge is 2.48. The highest BCUT2D eigenvalue weighted by atomic mass is 32.1. The third kappa shape index (κ3) is 3.65. The van der Waals surface area contributed by atoms with E-state index in [4.69, 9.17) is 9.47 Å². The molecule has 176 valence electrons. The van der Waals surface area contributed by atoms with Gasteiger partial charge in [-0.2, -0.15) is 0 Å². The van der Waals surface area contributed by atoms with Gasteiger partial charge in [-0.3, -0.25) is 14.5 Å². The van der Waals surface area contributed by atoms with Crippen LogP contribution in [-0.4, -0.2) is 31.0 Å². The minimum atomic E-state index is -0.785. The van der Waals surface area contributed by atoms with Crippen molar-refractivity contribution < 1.29 is 24.2 Å². The van der Waals surface area contributed by atoms with Crippen LogP contribution in [0, 0.1) is 6.92 Å². The van der Waals surface area contributed by atoms with Crippen LogP contribution in [0.4, 0.5) is 5.69 Å². The van der Waals surface area contributed by atoms with Crippen molar-refractivity contribution >= 4 is 45.2 Å². The summed E-state index contributed by atoms with van der Waals surface area (Å²) in [5, 5.41) is 15.2. The molecule has 0 radical (unpaired) electrons. The number of aliphatic hydroxyl groups excluding tert-OH is 1. The van der Waals surface area contributed by atoms with Gasteiger partial charge in [0.25, 0.3) is 11.7 Å². The summed E-state index contributed by atoms with van der Waals surface area (Å²) in [5.41, 5.74) is 1.97. The summed E-state index contributed by atoms with van der Waals surface area (Å²) in [5.74, 6) is -0.698. The summed E-state index contributed by atoms with van der Waals surface area (Å²) in [6, 6.07) is 19.4. The molecule has 0 spiro atoms. The van der Waals surface area contributed by atoms with E-state index in [2.05, 4.69) is 0 Å². The Morgan fingerprint density at radius 1 is 0.943 bits per heavy atom. The van der Waals surface area contributed by atoms with Gasteiger partial charge in [0.1, 0.15) is 11.8 Å². The zero-order chi connectivity index (χ0) is 24.7. The third-order valence-corrected chi connectivity index (χ3v) is 7.36. The third-order valence-electron chi connectivity index (χ3n) is 6.28. The minimum Gasteiger partial charge on any atom is -0.507 e. The molecule has 6 nitrogen and oxygen atoms in total. The molecule has 1 amide bonds. The van der Waals surface area contributed by atoms with E-state index in [1.165, 1.54) is 30.5 Å². The van der Waals surface area contributed by atoms with Crippen LogP contribution in [0.25, 0.3) is 16.5 Å². The first kappa shape index (κ1) is 22.7. The number of amides is 1. The van der Waals surface area contributed by atoms with Gasteiger partial charge in [-0.05, 0) is 46.8 Å². The van der Waals surface area contributed by atoms with Crippen LogP contribution in [0.15, 0.2) is 77.7 Å². The summed E-state index contributed by atoms with van der Waals surface area (Å²) in [6.45, 7) is 1.93. The fourth-order valence-electron chi connectivity index (χ4n) is 4.56. The summed E-state index contributed by atoms with van der Waals surface area (Å²) in [4.78, 5) is 29.2. The Hall–Kier alpha value is -4.10. The molecule has 1 aliphatic heterocycles. The number of rotatable bonds is 5. The van der Waals surface area contributed by atoms with Gasteiger partial charge >= 0.3 is 0 Å². The zero-order valence-corrected chi connectivity index (χ0v) is 20.3. The Kier molecular flexibility index (Phi) is 5.78. The van der Waals surface area contributed by atoms with Crippen molar-refractivity contribution in [2.75, 3.05) is 19.1 Å². The number of methoxy groups -OCH3 is 2. The number of anilines is 1. The van der Waals surface area contributed by atoms with Crippen molar-refractivity contribution in [3.05, 3.63) is 93.7 Å². The van der Waals surface area contributed by atoms with Gasteiger partial charge in [0.2, 0.25) is 0 Å². The van der Waals surface area contributed by atoms with Crippen LogP contribution in [0.5, 0.6) is 11.5 Å². The van der Waals surface area contributed by atoms with Gasteiger partial charge in [-0.25, -0.2) is 0 Å². The Morgan fingerprint density at radius 3 is 2.40 bits per heavy atom. The van der Waals surface area contributed by atoms with E-state index in [1.807, 2.05) is 54.8 Å². The van der Waals surface area contributed by atoms with E-state index in [0.717, 1.165) is 21.2 Å². The first-order chi connectivity index (χ1) is 17.0. The Balaban J connectivity index is 1.76. The minimum absolute atomic E-state index is 0.0617. The number of carbonyl (C=O) groups is 2. The molecule has 1 unspecified atom stereocenters. The molecule has 0 aliphatic carbocycles. The van der Waals surface area contributed by atoms with Gasteiger partial charge in [-0.1, -0.05) is 42.5 Å². The van der Waals surface area contributed by atoms with Gasteiger partial charge < -0.3 is 14.6 Å². The molecule has 5 rings (SSSR count). The first-order valence-electron chi connectivity index (χ1n) is 11.0. The number of Topliss-reactive ketones (excluding diaryl/α,β-unsaturated/α-hetero) is 1. The van der Waals surface area contributed by atoms with Crippen molar-refractivity contribution in [2.45, 2.75) is 13.0 Å². The Labute approximate surface area is 206 Å². The Bertz CT molecular complexity index is 1500. The standard InChI is InChI=1S/C28H23NO5S/c1-16-13-14-35-27(16)24-23(25(30)20-10-6-8-17-7-4-5-9-19(17)20)26(31)28(32)29(24)18-11-12-21(33-2)22(15-18)34-3/h4-15,24,30H,1-3H3/b25-23+. The molecule has 4 aromatic rings. The van der Waals surface area contributed by atoms with Crippen molar-refractivity contribution in [3.63, 3.8) is 0 Å². The lowest BCUT2D eigenvalue weighted by atomic mass is 9.95. The van der Waals surface area contributed by atoms with Crippen molar-refractivity contribution in [1.29, 1.82) is 0 Å². The fraction of sp³-hybridized carbons (Fsp3) is 0.143. The molecular weight excluding hydrogens is 462 g/mol. The Morgan fingerprint density at radius 2 is 1.69 bits per heavy atom. The lowest BCUT2D eigenvalue weighted by Crippen LogP contribution is -2.29. The topological polar surface area (TPSA) is 76.1 Å². The number of aliphatic hydroxyl groups is 1. The molecule has 7 heteroatoms. The number of thiophene rings is 1. The predicted molar refractivity (Wildman–Crippen MR) is 137 cm³/mol. The molecule has 1 aliphatic rings. The van der Waals surface area contributed by atoms with Crippen LogP contribution in [-0.2, 0) is 9.59 Å². The van der Waals surface area contributed by atoms with Crippen LogP contribution < -0.4 is 14.4 Å². The second kappa shape index (κ2) is 8.92. The summed E-state index contributed by atoms with van der Waals surface area (Å²) in [7, 11) is 3.04. The smallest absolute Gasteiger partial charge is 0.300 e. The van der Waals surface area contributed by atoms with E-state index in [-0.39, 0.29) is 11.3 Å². The fourth-order valence-corrected chi connectivity index (χ4v) is 5.59. The number of ether oxygens (including phenoxy) is 2. The maximum absolute atomic E-state index is 13.5. The summed E-state index contributed by atoms with van der Waals surface area (Å²) in [6.07, 6.45) is 0. The quantitative estimate of drug-likeness (QED) is 0.218.